The van der Waals surface area contributed by atoms with Crippen LogP contribution in [0.2, 0.25) is 10.0 Å². The zero-order valence-electron chi connectivity index (χ0n) is 18.6. The Kier molecular flexibility index (Phi) is 6.70. The van der Waals surface area contributed by atoms with Crippen LogP contribution in [0.1, 0.15) is 15.9 Å². The lowest BCUT2D eigenvalue weighted by Gasteiger charge is -2.08. The number of hydrogen-bond donors (Lipinski definition) is 2. The Labute approximate surface area is 212 Å². The van der Waals surface area contributed by atoms with Crippen LogP contribution in [0.15, 0.2) is 91.0 Å². The summed E-state index contributed by atoms with van der Waals surface area (Å²) in [5.74, 6) is 1.98. The van der Waals surface area contributed by atoms with Crippen LogP contribution in [0.3, 0.4) is 0 Å². The maximum Gasteiger partial charge on any atom is 0.251 e. The SMILES string of the molecule is O=C(NCCc1ccc(Oc2ccccc2)cc1)c1ccc2nc(-c3c(Cl)cccc3Cl)[nH]c2c1. The maximum absolute atomic E-state index is 12.7. The summed E-state index contributed by atoms with van der Waals surface area (Å²) in [4.78, 5) is 20.5. The average Bonchev–Trinajstić information content (AvgIpc) is 3.28. The predicted molar refractivity (Wildman–Crippen MR) is 141 cm³/mol. The Bertz CT molecular complexity index is 1460. The third-order valence-corrected chi connectivity index (χ3v) is 6.18. The molecule has 1 aromatic heterocycles. The molecule has 0 spiro atoms. The van der Waals surface area contributed by atoms with Crippen LogP contribution in [0.4, 0.5) is 0 Å². The minimum atomic E-state index is -0.150. The van der Waals surface area contributed by atoms with Crippen LogP contribution in [0.25, 0.3) is 22.4 Å². The van der Waals surface area contributed by atoms with Crippen molar-refractivity contribution in [2.24, 2.45) is 0 Å². The van der Waals surface area contributed by atoms with Gasteiger partial charge in [-0.05, 0) is 66.6 Å². The standard InChI is InChI=1S/C28H21Cl2N3O2/c29-22-7-4-8-23(30)26(22)27-32-24-14-11-19(17-25(24)33-27)28(34)31-16-15-18-9-12-21(13-10-18)35-20-5-2-1-3-6-20/h1-14,17H,15-16H2,(H,31,34)(H,32,33). The quantitative estimate of drug-likeness (QED) is 0.245. The number of fused-ring (bicyclic) bond motifs is 1. The van der Waals surface area contributed by atoms with E-state index in [0.717, 1.165) is 28.1 Å². The topological polar surface area (TPSA) is 67.0 Å². The second-order valence-corrected chi connectivity index (χ2v) is 8.79. The van der Waals surface area contributed by atoms with E-state index in [1.165, 1.54) is 0 Å². The van der Waals surface area contributed by atoms with Crippen molar-refractivity contribution in [1.82, 2.24) is 15.3 Å². The van der Waals surface area contributed by atoms with Crippen molar-refractivity contribution in [1.29, 1.82) is 0 Å². The molecule has 0 bridgehead atoms. The minimum absolute atomic E-state index is 0.150. The lowest BCUT2D eigenvalue weighted by atomic mass is 10.1. The molecule has 1 amide bonds. The molecule has 5 rings (SSSR count). The maximum atomic E-state index is 12.7. The Morgan fingerprint density at radius 2 is 1.57 bits per heavy atom. The molecule has 7 heteroatoms. The van der Waals surface area contributed by atoms with E-state index < -0.39 is 0 Å². The first-order chi connectivity index (χ1) is 17.1. The van der Waals surface area contributed by atoms with Crippen LogP contribution in [0.5, 0.6) is 11.5 Å². The first-order valence-corrected chi connectivity index (χ1v) is 11.9. The zero-order valence-corrected chi connectivity index (χ0v) is 20.1. The first-order valence-electron chi connectivity index (χ1n) is 11.1. The molecule has 35 heavy (non-hydrogen) atoms. The number of amides is 1. The smallest absolute Gasteiger partial charge is 0.251 e. The fraction of sp³-hybridized carbons (Fsp3) is 0.0714. The van der Waals surface area contributed by atoms with Crippen molar-refractivity contribution in [3.8, 4) is 22.9 Å². The van der Waals surface area contributed by atoms with E-state index in [1.807, 2.05) is 54.6 Å². The monoisotopic (exact) mass is 501 g/mol. The fourth-order valence-electron chi connectivity index (χ4n) is 3.76. The predicted octanol–water partition coefficient (Wildman–Crippen LogP) is 7.30. The number of nitrogens with one attached hydrogen (secondary N) is 2. The number of benzene rings is 4. The van der Waals surface area contributed by atoms with E-state index >= 15 is 0 Å². The molecule has 4 aromatic carbocycles. The summed E-state index contributed by atoms with van der Waals surface area (Å²) in [6.45, 7) is 0.513. The number of rotatable bonds is 7. The Morgan fingerprint density at radius 1 is 0.857 bits per heavy atom. The third-order valence-electron chi connectivity index (χ3n) is 5.55. The lowest BCUT2D eigenvalue weighted by molar-refractivity contribution is 0.0954. The number of carbonyl (C=O) groups is 1. The van der Waals surface area contributed by atoms with Crippen molar-refractivity contribution in [2.75, 3.05) is 6.54 Å². The average molecular weight is 502 g/mol. The molecule has 0 aliphatic carbocycles. The summed E-state index contributed by atoms with van der Waals surface area (Å²) in [6, 6.07) is 28.2. The van der Waals surface area contributed by atoms with E-state index in [2.05, 4.69) is 15.3 Å². The second kappa shape index (κ2) is 10.2. The van der Waals surface area contributed by atoms with Gasteiger partial charge in [0.05, 0.1) is 26.6 Å². The van der Waals surface area contributed by atoms with Crippen LogP contribution in [-0.4, -0.2) is 22.4 Å². The van der Waals surface area contributed by atoms with Crippen molar-refractivity contribution in [2.45, 2.75) is 6.42 Å². The fourth-order valence-corrected chi connectivity index (χ4v) is 4.34. The molecule has 0 atom stereocenters. The van der Waals surface area contributed by atoms with Crippen LogP contribution >= 0.6 is 23.2 Å². The number of nitrogens with zero attached hydrogens (tertiary/aromatic N) is 1. The van der Waals surface area contributed by atoms with Crippen molar-refractivity contribution in [3.05, 3.63) is 112 Å². The highest BCUT2D eigenvalue weighted by Gasteiger charge is 2.14. The van der Waals surface area contributed by atoms with Crippen molar-refractivity contribution < 1.29 is 9.53 Å². The van der Waals surface area contributed by atoms with Gasteiger partial charge in [-0.1, -0.05) is 59.6 Å². The van der Waals surface area contributed by atoms with Crippen LogP contribution in [0, 0.1) is 0 Å². The minimum Gasteiger partial charge on any atom is -0.457 e. The zero-order chi connectivity index (χ0) is 24.2. The van der Waals surface area contributed by atoms with Gasteiger partial charge in [-0.2, -0.15) is 0 Å². The molecule has 5 aromatic rings. The van der Waals surface area contributed by atoms with Gasteiger partial charge in [0, 0.05) is 12.1 Å². The third kappa shape index (κ3) is 5.32. The lowest BCUT2D eigenvalue weighted by Crippen LogP contribution is -2.25. The number of carbonyl (C=O) groups excluding carboxylic acids is 1. The molecule has 0 saturated carbocycles. The molecule has 2 N–H and O–H groups in total. The van der Waals surface area contributed by atoms with Crippen LogP contribution < -0.4 is 10.1 Å². The number of hydrogen-bond acceptors (Lipinski definition) is 3. The van der Waals surface area contributed by atoms with Crippen LogP contribution in [-0.2, 0) is 6.42 Å². The summed E-state index contributed by atoms with van der Waals surface area (Å²) in [6.07, 6.45) is 0.707. The molecule has 5 nitrogen and oxygen atoms in total. The Morgan fingerprint density at radius 3 is 2.31 bits per heavy atom. The number of H-pyrrole nitrogens is 1. The number of imidazole rings is 1. The number of aromatic amines is 1. The largest absolute Gasteiger partial charge is 0.457 e. The molecular formula is C28H21Cl2N3O2. The Hall–Kier alpha value is -3.80. The summed E-state index contributed by atoms with van der Waals surface area (Å²) < 4.78 is 5.82. The van der Waals surface area contributed by atoms with Crippen molar-refractivity contribution in [3.63, 3.8) is 0 Å². The number of aromatic nitrogens is 2. The van der Waals surface area contributed by atoms with Gasteiger partial charge in [0.1, 0.15) is 17.3 Å². The summed E-state index contributed by atoms with van der Waals surface area (Å²) in [7, 11) is 0. The van der Waals surface area contributed by atoms with E-state index in [-0.39, 0.29) is 5.91 Å². The van der Waals surface area contributed by atoms with Gasteiger partial charge < -0.3 is 15.0 Å². The highest BCUT2D eigenvalue weighted by atomic mass is 35.5. The number of para-hydroxylation sites is 1. The van der Waals surface area contributed by atoms with Gasteiger partial charge in [-0.25, -0.2) is 4.98 Å². The highest BCUT2D eigenvalue weighted by Crippen LogP contribution is 2.34. The summed E-state index contributed by atoms with van der Waals surface area (Å²) in [5.41, 5.74) is 3.75. The Balaban J connectivity index is 1.20. The number of ether oxygens (including phenoxy) is 1. The van der Waals surface area contributed by atoms with E-state index in [0.29, 0.717) is 40.0 Å². The normalized spacial score (nSPS) is 10.9. The number of halogens is 2. The van der Waals surface area contributed by atoms with Gasteiger partial charge >= 0.3 is 0 Å². The van der Waals surface area contributed by atoms with E-state index in [1.54, 1.807) is 36.4 Å². The molecule has 0 aliphatic rings. The molecular weight excluding hydrogens is 481 g/mol. The second-order valence-electron chi connectivity index (χ2n) is 7.98. The molecule has 1 heterocycles. The van der Waals surface area contributed by atoms with Gasteiger partial charge in [-0.15, -0.1) is 0 Å². The van der Waals surface area contributed by atoms with Crippen molar-refractivity contribution >= 4 is 40.1 Å². The molecule has 0 aliphatic heterocycles. The summed E-state index contributed by atoms with van der Waals surface area (Å²) >= 11 is 12.6. The molecule has 0 saturated heterocycles. The van der Waals surface area contributed by atoms with Gasteiger partial charge in [0.25, 0.3) is 5.91 Å². The van der Waals surface area contributed by atoms with Gasteiger partial charge in [-0.3, -0.25) is 4.79 Å². The highest BCUT2D eigenvalue weighted by molar-refractivity contribution is 6.39. The first kappa shape index (κ1) is 23.0. The van der Waals surface area contributed by atoms with Gasteiger partial charge in [0.15, 0.2) is 0 Å². The van der Waals surface area contributed by atoms with Gasteiger partial charge in [0.2, 0.25) is 0 Å². The molecule has 174 valence electrons. The molecule has 0 radical (unpaired) electrons. The van der Waals surface area contributed by atoms with E-state index in [9.17, 15) is 4.79 Å². The summed E-state index contributed by atoms with van der Waals surface area (Å²) in [5, 5.41) is 3.99. The van der Waals surface area contributed by atoms with E-state index in [4.69, 9.17) is 27.9 Å². The molecule has 0 unspecified atom stereocenters. The molecule has 0 fully saturated rings.